The van der Waals surface area contributed by atoms with Crippen molar-refractivity contribution in [2.24, 2.45) is 5.92 Å². The molecule has 1 N–H and O–H groups in total. The van der Waals surface area contributed by atoms with Crippen molar-refractivity contribution in [1.29, 1.82) is 0 Å². The lowest BCUT2D eigenvalue weighted by atomic mass is 10.0. The van der Waals surface area contributed by atoms with E-state index in [2.05, 4.69) is 17.1 Å². The molecule has 0 spiro atoms. The molecule has 1 aliphatic heterocycles. The van der Waals surface area contributed by atoms with Crippen molar-refractivity contribution in [2.75, 3.05) is 37.7 Å². The van der Waals surface area contributed by atoms with E-state index in [0.717, 1.165) is 43.1 Å². The first-order valence-corrected chi connectivity index (χ1v) is 8.59. The first-order valence-electron chi connectivity index (χ1n) is 7.10. The molecule has 1 aliphatic carbocycles. The maximum atomic E-state index is 11.3. The van der Waals surface area contributed by atoms with E-state index in [0.29, 0.717) is 0 Å². The van der Waals surface area contributed by atoms with Gasteiger partial charge in [-0.25, -0.2) is 0 Å². The van der Waals surface area contributed by atoms with E-state index in [4.69, 9.17) is 0 Å². The Morgan fingerprint density at radius 3 is 2.76 bits per heavy atom. The van der Waals surface area contributed by atoms with Crippen LogP contribution in [0.25, 0.3) is 0 Å². The molecule has 17 heavy (non-hydrogen) atoms. The van der Waals surface area contributed by atoms with Crippen molar-refractivity contribution >= 4 is 10.8 Å². The lowest BCUT2D eigenvalue weighted by molar-refractivity contribution is 0.229. The van der Waals surface area contributed by atoms with Crippen LogP contribution in [0.3, 0.4) is 0 Å². The van der Waals surface area contributed by atoms with Gasteiger partial charge in [0.25, 0.3) is 0 Å². The minimum Gasteiger partial charge on any atom is -0.314 e. The second-order valence-electron chi connectivity index (χ2n) is 5.40. The predicted octanol–water partition coefficient (Wildman–Crippen LogP) is 1.22. The molecule has 1 saturated heterocycles. The Morgan fingerprint density at radius 1 is 1.29 bits per heavy atom. The van der Waals surface area contributed by atoms with E-state index < -0.39 is 10.8 Å². The summed E-state index contributed by atoms with van der Waals surface area (Å²) < 4.78 is 11.3. The zero-order valence-electron chi connectivity index (χ0n) is 11.0. The summed E-state index contributed by atoms with van der Waals surface area (Å²) in [5.74, 6) is 2.60. The van der Waals surface area contributed by atoms with Gasteiger partial charge in [-0.05, 0) is 31.7 Å². The third-order valence-electron chi connectivity index (χ3n) is 4.08. The Balaban J connectivity index is 1.75. The van der Waals surface area contributed by atoms with Crippen LogP contribution in [0, 0.1) is 5.92 Å². The number of nitrogens with zero attached hydrogens (tertiary/aromatic N) is 1. The SMILES string of the molecule is CCCNC1CCCC1CN1CCS(=O)CC1. The molecule has 2 unspecified atom stereocenters. The summed E-state index contributed by atoms with van der Waals surface area (Å²) in [5.41, 5.74) is 0. The summed E-state index contributed by atoms with van der Waals surface area (Å²) in [4.78, 5) is 2.53. The minimum absolute atomic E-state index is 0.535. The number of nitrogens with one attached hydrogen (secondary N) is 1. The van der Waals surface area contributed by atoms with Gasteiger partial charge < -0.3 is 10.2 Å². The van der Waals surface area contributed by atoms with E-state index in [1.807, 2.05) is 0 Å². The van der Waals surface area contributed by atoms with E-state index in [1.54, 1.807) is 0 Å². The van der Waals surface area contributed by atoms with Gasteiger partial charge in [0.1, 0.15) is 0 Å². The lowest BCUT2D eigenvalue weighted by Gasteiger charge is -2.31. The summed E-state index contributed by atoms with van der Waals surface area (Å²) in [6.45, 7) is 6.70. The van der Waals surface area contributed by atoms with Gasteiger partial charge in [0, 0.05) is 48.0 Å². The fourth-order valence-corrected chi connectivity index (χ4v) is 4.17. The highest BCUT2D eigenvalue weighted by atomic mass is 32.2. The molecule has 2 aliphatic rings. The van der Waals surface area contributed by atoms with Crippen molar-refractivity contribution in [3.05, 3.63) is 0 Å². The van der Waals surface area contributed by atoms with Gasteiger partial charge in [-0.2, -0.15) is 0 Å². The summed E-state index contributed by atoms with van der Waals surface area (Å²) >= 11 is 0. The molecule has 2 atom stereocenters. The maximum Gasteiger partial charge on any atom is 0.0363 e. The zero-order chi connectivity index (χ0) is 12.1. The molecule has 0 aromatic carbocycles. The Hall–Kier alpha value is 0.0700. The third kappa shape index (κ3) is 4.04. The molecule has 0 aromatic heterocycles. The van der Waals surface area contributed by atoms with Crippen LogP contribution in [-0.2, 0) is 10.8 Å². The monoisotopic (exact) mass is 258 g/mol. The van der Waals surface area contributed by atoms with Gasteiger partial charge in [0.15, 0.2) is 0 Å². The summed E-state index contributed by atoms with van der Waals surface area (Å²) in [7, 11) is -0.535. The Morgan fingerprint density at radius 2 is 2.06 bits per heavy atom. The molecule has 4 heteroatoms. The van der Waals surface area contributed by atoms with Crippen LogP contribution in [0.1, 0.15) is 32.6 Å². The number of hydrogen-bond donors (Lipinski definition) is 1. The standard InChI is InChI=1S/C13H26N2OS/c1-2-6-14-13-5-3-4-12(13)11-15-7-9-17(16)10-8-15/h12-14H,2-11H2,1H3. The van der Waals surface area contributed by atoms with Crippen molar-refractivity contribution in [1.82, 2.24) is 10.2 Å². The molecular formula is C13H26N2OS. The molecule has 100 valence electrons. The first kappa shape index (κ1) is 13.5. The summed E-state index contributed by atoms with van der Waals surface area (Å²) in [5, 5.41) is 3.69. The van der Waals surface area contributed by atoms with Gasteiger partial charge in [0.2, 0.25) is 0 Å². The van der Waals surface area contributed by atoms with E-state index >= 15 is 0 Å². The molecule has 0 amide bonds. The molecule has 2 rings (SSSR count). The van der Waals surface area contributed by atoms with Gasteiger partial charge in [-0.15, -0.1) is 0 Å². The molecule has 1 heterocycles. The maximum absolute atomic E-state index is 11.3. The second kappa shape index (κ2) is 6.86. The van der Waals surface area contributed by atoms with Crippen LogP contribution in [0.4, 0.5) is 0 Å². The van der Waals surface area contributed by atoms with Gasteiger partial charge in [-0.3, -0.25) is 4.21 Å². The second-order valence-corrected chi connectivity index (χ2v) is 7.10. The van der Waals surface area contributed by atoms with Crippen molar-refractivity contribution in [3.63, 3.8) is 0 Å². The minimum atomic E-state index is -0.535. The van der Waals surface area contributed by atoms with Crippen LogP contribution in [0.5, 0.6) is 0 Å². The van der Waals surface area contributed by atoms with Crippen LogP contribution in [-0.4, -0.2) is 52.8 Å². The van der Waals surface area contributed by atoms with Crippen LogP contribution in [0.2, 0.25) is 0 Å². The Kier molecular flexibility index (Phi) is 5.45. The zero-order valence-corrected chi connectivity index (χ0v) is 11.8. The van der Waals surface area contributed by atoms with Crippen molar-refractivity contribution in [3.8, 4) is 0 Å². The largest absolute Gasteiger partial charge is 0.314 e. The normalized spacial score (nSPS) is 32.1. The number of hydrogen-bond acceptors (Lipinski definition) is 3. The quantitative estimate of drug-likeness (QED) is 0.805. The van der Waals surface area contributed by atoms with Gasteiger partial charge >= 0.3 is 0 Å². The highest BCUT2D eigenvalue weighted by molar-refractivity contribution is 7.85. The topological polar surface area (TPSA) is 32.3 Å². The fraction of sp³-hybridized carbons (Fsp3) is 1.00. The molecule has 3 nitrogen and oxygen atoms in total. The van der Waals surface area contributed by atoms with Crippen LogP contribution < -0.4 is 5.32 Å². The highest BCUT2D eigenvalue weighted by Gasteiger charge is 2.29. The smallest absolute Gasteiger partial charge is 0.0363 e. The third-order valence-corrected chi connectivity index (χ3v) is 5.35. The van der Waals surface area contributed by atoms with Crippen molar-refractivity contribution < 1.29 is 4.21 Å². The molecule has 0 bridgehead atoms. The highest BCUT2D eigenvalue weighted by Crippen LogP contribution is 2.26. The lowest BCUT2D eigenvalue weighted by Crippen LogP contribution is -2.44. The van der Waals surface area contributed by atoms with E-state index in [1.165, 1.54) is 32.2 Å². The first-order chi connectivity index (χ1) is 8.29. The van der Waals surface area contributed by atoms with Crippen LogP contribution >= 0.6 is 0 Å². The average molecular weight is 258 g/mol. The fourth-order valence-electron chi connectivity index (χ4n) is 3.04. The van der Waals surface area contributed by atoms with E-state index in [-0.39, 0.29) is 0 Å². The Labute approximate surface area is 108 Å². The molecule has 0 radical (unpaired) electrons. The summed E-state index contributed by atoms with van der Waals surface area (Å²) in [6, 6.07) is 0.738. The van der Waals surface area contributed by atoms with Crippen molar-refractivity contribution in [2.45, 2.75) is 38.6 Å². The molecule has 0 aromatic rings. The molecule has 1 saturated carbocycles. The van der Waals surface area contributed by atoms with Gasteiger partial charge in [0.05, 0.1) is 0 Å². The van der Waals surface area contributed by atoms with Gasteiger partial charge in [-0.1, -0.05) is 13.3 Å². The summed E-state index contributed by atoms with van der Waals surface area (Å²) in [6.07, 6.45) is 5.34. The predicted molar refractivity (Wildman–Crippen MR) is 73.7 cm³/mol. The average Bonchev–Trinajstić information content (AvgIpc) is 2.77. The molecular weight excluding hydrogens is 232 g/mol. The number of rotatable bonds is 5. The van der Waals surface area contributed by atoms with Crippen LogP contribution in [0.15, 0.2) is 0 Å². The Bertz CT molecular complexity index is 250. The van der Waals surface area contributed by atoms with E-state index in [9.17, 15) is 4.21 Å². The molecule has 2 fully saturated rings.